The normalized spacial score (nSPS) is 16.4. The smallest absolute Gasteiger partial charge is 0.370 e. The maximum atomic E-state index is 13.0. The Bertz CT molecular complexity index is 908. The summed E-state index contributed by atoms with van der Waals surface area (Å²) in [4.78, 5) is 5.39. The Morgan fingerprint density at radius 2 is 1.74 bits per heavy atom. The van der Waals surface area contributed by atoms with E-state index in [4.69, 9.17) is 0 Å². The third kappa shape index (κ3) is 4.18. The molecule has 2 aromatic rings. The molecule has 0 radical (unpaired) electrons. The summed E-state index contributed by atoms with van der Waals surface area (Å²) in [6, 6.07) is 11.1. The molecule has 1 fully saturated rings. The second-order valence-corrected chi connectivity index (χ2v) is 8.40. The summed E-state index contributed by atoms with van der Waals surface area (Å²) in [6.45, 7) is 2.80. The summed E-state index contributed by atoms with van der Waals surface area (Å²) in [5, 5.41) is 3.33. The third-order valence-electron chi connectivity index (χ3n) is 4.54. The molecule has 0 saturated carbocycles. The lowest BCUT2D eigenvalue weighted by molar-refractivity contribution is -0.0435. The fourth-order valence-electron chi connectivity index (χ4n) is 3.17. The molecule has 1 N–H and O–H groups in total. The number of aromatic nitrogens is 1. The third-order valence-corrected chi connectivity index (χ3v) is 6.07. The van der Waals surface area contributed by atoms with E-state index in [0.29, 0.717) is 25.9 Å². The second-order valence-electron chi connectivity index (χ2n) is 6.49. The Morgan fingerprint density at radius 3 is 2.37 bits per heavy atom. The Kier molecular flexibility index (Phi) is 5.32. The molecule has 9 heteroatoms. The number of sulfone groups is 1. The Balaban J connectivity index is 1.74. The van der Waals surface area contributed by atoms with Gasteiger partial charge in [0.2, 0.25) is 0 Å². The van der Waals surface area contributed by atoms with Crippen LogP contribution in [0.1, 0.15) is 18.5 Å². The fourth-order valence-corrected chi connectivity index (χ4v) is 4.15. The molecule has 1 aliphatic heterocycles. The summed E-state index contributed by atoms with van der Waals surface area (Å²) in [6.07, 6.45) is 1.33. The van der Waals surface area contributed by atoms with E-state index in [9.17, 15) is 21.6 Å². The van der Waals surface area contributed by atoms with Gasteiger partial charge < -0.3 is 10.2 Å². The van der Waals surface area contributed by atoms with Crippen LogP contribution in [0.15, 0.2) is 47.4 Å². The van der Waals surface area contributed by atoms with Crippen molar-refractivity contribution < 1.29 is 21.6 Å². The van der Waals surface area contributed by atoms with Gasteiger partial charge in [-0.1, -0.05) is 18.2 Å². The van der Waals surface area contributed by atoms with Crippen molar-refractivity contribution in [2.75, 3.05) is 23.3 Å². The molecular weight excluding hydrogens is 379 g/mol. The van der Waals surface area contributed by atoms with E-state index >= 15 is 0 Å². The predicted molar refractivity (Wildman–Crippen MR) is 97.5 cm³/mol. The molecular formula is C18H20F3N3O2S. The van der Waals surface area contributed by atoms with E-state index in [0.717, 1.165) is 17.6 Å². The molecule has 146 valence electrons. The standard InChI is InChI=1S/C18H20F3N3O2S/c1-13-5-4-8-17(22-13)23-14-9-11-24(12-10-14)15-6-2-3-7-16(15)27(25,26)18(19,20)21/h2-8,14H,9-12H2,1H3,(H,22,23). The minimum absolute atomic E-state index is 0.0990. The maximum Gasteiger partial charge on any atom is 0.501 e. The zero-order valence-electron chi connectivity index (χ0n) is 14.7. The maximum absolute atomic E-state index is 13.0. The first-order valence-electron chi connectivity index (χ1n) is 8.54. The minimum Gasteiger partial charge on any atom is -0.370 e. The van der Waals surface area contributed by atoms with E-state index in [1.165, 1.54) is 12.1 Å². The van der Waals surface area contributed by atoms with E-state index < -0.39 is 20.2 Å². The van der Waals surface area contributed by atoms with E-state index in [1.54, 1.807) is 11.0 Å². The number of rotatable bonds is 4. The first-order valence-corrected chi connectivity index (χ1v) is 10.0. The van der Waals surface area contributed by atoms with Crippen molar-refractivity contribution in [2.24, 2.45) is 0 Å². The molecule has 0 bridgehead atoms. The quantitative estimate of drug-likeness (QED) is 0.848. The van der Waals surface area contributed by atoms with Gasteiger partial charge in [0.1, 0.15) is 5.82 Å². The summed E-state index contributed by atoms with van der Waals surface area (Å²) in [5.41, 5.74) is -4.33. The zero-order valence-corrected chi connectivity index (χ0v) is 15.5. The lowest BCUT2D eigenvalue weighted by Crippen LogP contribution is -2.40. The molecule has 0 aliphatic carbocycles. The number of piperidine rings is 1. The highest BCUT2D eigenvalue weighted by Crippen LogP contribution is 2.36. The number of aryl methyl sites for hydroxylation is 1. The lowest BCUT2D eigenvalue weighted by Gasteiger charge is -2.35. The van der Waals surface area contributed by atoms with Crippen LogP contribution in [0.4, 0.5) is 24.7 Å². The minimum atomic E-state index is -5.39. The van der Waals surface area contributed by atoms with Crippen LogP contribution in [0.5, 0.6) is 0 Å². The van der Waals surface area contributed by atoms with Crippen LogP contribution in [0.2, 0.25) is 0 Å². The van der Waals surface area contributed by atoms with Crippen LogP contribution < -0.4 is 10.2 Å². The van der Waals surface area contributed by atoms with Gasteiger partial charge in [0.25, 0.3) is 9.84 Å². The number of hydrogen-bond acceptors (Lipinski definition) is 5. The molecule has 27 heavy (non-hydrogen) atoms. The largest absolute Gasteiger partial charge is 0.501 e. The molecule has 0 unspecified atom stereocenters. The van der Waals surface area contributed by atoms with Gasteiger partial charge in [-0.25, -0.2) is 13.4 Å². The Morgan fingerprint density at radius 1 is 1.07 bits per heavy atom. The highest BCUT2D eigenvalue weighted by molar-refractivity contribution is 7.92. The van der Waals surface area contributed by atoms with Gasteiger partial charge in [-0.3, -0.25) is 0 Å². The van der Waals surface area contributed by atoms with Crippen molar-refractivity contribution in [3.63, 3.8) is 0 Å². The fraction of sp³-hybridized carbons (Fsp3) is 0.389. The molecule has 1 aliphatic rings. The lowest BCUT2D eigenvalue weighted by atomic mass is 10.0. The average Bonchev–Trinajstić information content (AvgIpc) is 2.61. The Labute approximate surface area is 156 Å². The van der Waals surface area contributed by atoms with E-state index in [1.807, 2.05) is 25.1 Å². The molecule has 3 rings (SSSR count). The van der Waals surface area contributed by atoms with Gasteiger partial charge in [-0.2, -0.15) is 13.2 Å². The van der Waals surface area contributed by atoms with Gasteiger partial charge in [0.15, 0.2) is 0 Å². The van der Waals surface area contributed by atoms with Gasteiger partial charge in [-0.15, -0.1) is 0 Å². The number of benzene rings is 1. The van der Waals surface area contributed by atoms with Crippen LogP contribution in [0, 0.1) is 6.92 Å². The number of halogens is 3. The van der Waals surface area contributed by atoms with Crippen LogP contribution in [-0.4, -0.2) is 38.0 Å². The number of anilines is 2. The first-order chi connectivity index (χ1) is 12.7. The monoisotopic (exact) mass is 399 g/mol. The molecule has 1 aromatic carbocycles. The number of pyridine rings is 1. The molecule has 1 saturated heterocycles. The number of para-hydroxylation sites is 1. The van der Waals surface area contributed by atoms with Gasteiger partial charge in [0.05, 0.1) is 10.6 Å². The van der Waals surface area contributed by atoms with E-state index in [2.05, 4.69) is 10.3 Å². The zero-order chi connectivity index (χ0) is 19.7. The van der Waals surface area contributed by atoms with Crippen molar-refractivity contribution in [2.45, 2.75) is 36.2 Å². The van der Waals surface area contributed by atoms with Crippen LogP contribution in [0.25, 0.3) is 0 Å². The topological polar surface area (TPSA) is 62.3 Å². The summed E-state index contributed by atoms with van der Waals surface area (Å²) < 4.78 is 62.7. The van der Waals surface area contributed by atoms with E-state index in [-0.39, 0.29) is 11.7 Å². The molecule has 0 spiro atoms. The predicted octanol–water partition coefficient (Wildman–Crippen LogP) is 3.76. The van der Waals surface area contributed by atoms with Gasteiger partial charge in [-0.05, 0) is 44.0 Å². The summed E-state index contributed by atoms with van der Waals surface area (Å²) >= 11 is 0. The van der Waals surface area contributed by atoms with Crippen molar-refractivity contribution in [3.05, 3.63) is 48.2 Å². The summed E-state index contributed by atoms with van der Waals surface area (Å²) in [7, 11) is -5.39. The molecule has 0 amide bonds. The Hall–Kier alpha value is -2.29. The SMILES string of the molecule is Cc1cccc(NC2CCN(c3ccccc3S(=O)(=O)C(F)(F)F)CC2)n1. The highest BCUT2D eigenvalue weighted by atomic mass is 32.2. The molecule has 2 heterocycles. The molecule has 0 atom stereocenters. The molecule has 5 nitrogen and oxygen atoms in total. The molecule has 1 aromatic heterocycles. The average molecular weight is 399 g/mol. The van der Waals surface area contributed by atoms with Gasteiger partial charge >= 0.3 is 5.51 Å². The van der Waals surface area contributed by atoms with Crippen molar-refractivity contribution in [1.29, 1.82) is 0 Å². The number of alkyl halides is 3. The first kappa shape index (κ1) is 19.5. The van der Waals surface area contributed by atoms with Crippen LogP contribution in [-0.2, 0) is 9.84 Å². The number of nitrogens with zero attached hydrogens (tertiary/aromatic N) is 2. The van der Waals surface area contributed by atoms with Gasteiger partial charge in [0, 0.05) is 24.8 Å². The van der Waals surface area contributed by atoms with Crippen molar-refractivity contribution in [1.82, 2.24) is 4.98 Å². The number of hydrogen-bond donors (Lipinski definition) is 1. The van der Waals surface area contributed by atoms with Crippen molar-refractivity contribution >= 4 is 21.3 Å². The summed E-state index contributed by atoms with van der Waals surface area (Å²) in [5.74, 6) is 0.758. The van der Waals surface area contributed by atoms with Crippen molar-refractivity contribution in [3.8, 4) is 0 Å². The van der Waals surface area contributed by atoms with Crippen LogP contribution in [0.3, 0.4) is 0 Å². The number of nitrogens with one attached hydrogen (secondary N) is 1. The highest BCUT2D eigenvalue weighted by Gasteiger charge is 2.48. The second kappa shape index (κ2) is 7.38. The van der Waals surface area contributed by atoms with Crippen LogP contribution >= 0.6 is 0 Å².